The number of hydrogen-bond donors (Lipinski definition) is 0. The van der Waals surface area contributed by atoms with Crippen molar-refractivity contribution in [3.63, 3.8) is 0 Å². The Bertz CT molecular complexity index is 1590. The van der Waals surface area contributed by atoms with Gasteiger partial charge in [-0.25, -0.2) is 0 Å². The molecule has 4 aromatic rings. The minimum Gasteiger partial charge on any atom is -0.489 e. The number of rotatable bonds is 8. The number of carbonyl (C=O) groups excluding carboxylic acids is 1. The molecule has 40 heavy (non-hydrogen) atoms. The summed E-state index contributed by atoms with van der Waals surface area (Å²) >= 11 is 0. The Morgan fingerprint density at radius 2 is 1.68 bits per heavy atom. The SMILES string of the molecule is Cc1cc2oc3c(c(=O)c2cc1C)C(c1cccc(OCc2ccccc2)c1)N(CCCN1CCOCC1)C3=O. The van der Waals surface area contributed by atoms with Crippen molar-refractivity contribution in [2.45, 2.75) is 32.9 Å². The maximum Gasteiger partial charge on any atom is 0.290 e. The maximum absolute atomic E-state index is 14.0. The van der Waals surface area contributed by atoms with Crippen LogP contribution in [0.15, 0.2) is 75.9 Å². The molecule has 3 aromatic carbocycles. The van der Waals surface area contributed by atoms with Crippen LogP contribution in [-0.4, -0.2) is 55.1 Å². The van der Waals surface area contributed by atoms with Crippen LogP contribution >= 0.6 is 0 Å². The van der Waals surface area contributed by atoms with E-state index in [1.807, 2.05) is 80.6 Å². The number of hydrogen-bond acceptors (Lipinski definition) is 6. The molecule has 1 amide bonds. The van der Waals surface area contributed by atoms with E-state index in [9.17, 15) is 9.59 Å². The molecule has 0 N–H and O–H groups in total. The molecule has 0 aliphatic carbocycles. The third-order valence-corrected chi connectivity index (χ3v) is 7.98. The second-order valence-electron chi connectivity index (χ2n) is 10.7. The van der Waals surface area contributed by atoms with Crippen molar-refractivity contribution in [2.24, 2.45) is 0 Å². The number of benzene rings is 3. The molecule has 0 radical (unpaired) electrons. The molecule has 206 valence electrons. The third kappa shape index (κ3) is 5.15. The lowest BCUT2D eigenvalue weighted by atomic mass is 9.97. The lowest BCUT2D eigenvalue weighted by molar-refractivity contribution is 0.0353. The summed E-state index contributed by atoms with van der Waals surface area (Å²) in [5.41, 5.74) is 4.64. The van der Waals surface area contributed by atoms with Crippen LogP contribution in [-0.2, 0) is 11.3 Å². The summed E-state index contributed by atoms with van der Waals surface area (Å²) in [4.78, 5) is 32.0. The van der Waals surface area contributed by atoms with E-state index < -0.39 is 6.04 Å². The second-order valence-corrected chi connectivity index (χ2v) is 10.7. The van der Waals surface area contributed by atoms with Crippen LogP contribution in [0.25, 0.3) is 11.0 Å². The van der Waals surface area contributed by atoms with Crippen LogP contribution in [0.4, 0.5) is 0 Å². The van der Waals surface area contributed by atoms with Crippen LogP contribution in [0.1, 0.15) is 50.8 Å². The number of carbonyl (C=O) groups is 1. The molecule has 1 aromatic heterocycles. The molecule has 1 fully saturated rings. The molecule has 2 aliphatic rings. The average Bonchev–Trinajstić information content (AvgIpc) is 3.26. The monoisotopic (exact) mass is 538 g/mol. The van der Waals surface area contributed by atoms with Gasteiger partial charge in [-0.1, -0.05) is 42.5 Å². The number of amides is 1. The maximum atomic E-state index is 14.0. The Morgan fingerprint density at radius 1 is 0.900 bits per heavy atom. The Kier molecular flexibility index (Phi) is 7.41. The lowest BCUT2D eigenvalue weighted by Gasteiger charge is -2.29. The zero-order valence-corrected chi connectivity index (χ0v) is 23.0. The van der Waals surface area contributed by atoms with Gasteiger partial charge in [0.15, 0.2) is 5.43 Å². The summed E-state index contributed by atoms with van der Waals surface area (Å²) in [6, 6.07) is 20.9. The highest BCUT2D eigenvalue weighted by atomic mass is 16.5. The minimum absolute atomic E-state index is 0.146. The van der Waals surface area contributed by atoms with E-state index in [2.05, 4.69) is 4.90 Å². The first-order chi connectivity index (χ1) is 19.5. The van der Waals surface area contributed by atoms with Gasteiger partial charge in [0.1, 0.15) is 17.9 Å². The van der Waals surface area contributed by atoms with Gasteiger partial charge in [-0.05, 0) is 66.8 Å². The summed E-state index contributed by atoms with van der Waals surface area (Å²) in [5.74, 6) is 0.592. The summed E-state index contributed by atoms with van der Waals surface area (Å²) in [6.07, 6.45) is 0.784. The van der Waals surface area contributed by atoms with Gasteiger partial charge in [0.2, 0.25) is 5.76 Å². The van der Waals surface area contributed by atoms with E-state index in [0.717, 1.165) is 61.5 Å². The Hall–Kier alpha value is -3.94. The van der Waals surface area contributed by atoms with Gasteiger partial charge >= 0.3 is 0 Å². The first kappa shape index (κ1) is 26.3. The van der Waals surface area contributed by atoms with Gasteiger partial charge in [0.05, 0.1) is 30.2 Å². The highest BCUT2D eigenvalue weighted by Crippen LogP contribution is 2.39. The fraction of sp³-hybridized carbons (Fsp3) is 0.333. The fourth-order valence-electron chi connectivity index (χ4n) is 5.66. The number of nitrogens with zero attached hydrogens (tertiary/aromatic N) is 2. The van der Waals surface area contributed by atoms with Crippen molar-refractivity contribution in [1.29, 1.82) is 0 Å². The van der Waals surface area contributed by atoms with Crippen molar-refractivity contribution >= 4 is 16.9 Å². The quantitative estimate of drug-likeness (QED) is 0.305. The molecule has 1 atom stereocenters. The molecule has 0 spiro atoms. The van der Waals surface area contributed by atoms with E-state index in [0.29, 0.717) is 35.4 Å². The van der Waals surface area contributed by atoms with Gasteiger partial charge in [-0.2, -0.15) is 0 Å². The van der Waals surface area contributed by atoms with E-state index in [4.69, 9.17) is 13.9 Å². The number of fused-ring (bicyclic) bond motifs is 2. The largest absolute Gasteiger partial charge is 0.489 e. The van der Waals surface area contributed by atoms with Crippen molar-refractivity contribution in [2.75, 3.05) is 39.4 Å². The lowest BCUT2D eigenvalue weighted by Crippen LogP contribution is -2.38. The van der Waals surface area contributed by atoms with Crippen molar-refractivity contribution < 1.29 is 18.7 Å². The predicted molar refractivity (Wildman–Crippen MR) is 154 cm³/mol. The van der Waals surface area contributed by atoms with Crippen molar-refractivity contribution in [3.05, 3.63) is 111 Å². The Balaban J connectivity index is 1.36. The number of aryl methyl sites for hydroxylation is 2. The highest BCUT2D eigenvalue weighted by molar-refractivity contribution is 5.99. The fourth-order valence-corrected chi connectivity index (χ4v) is 5.66. The Labute approximate surface area is 233 Å². The first-order valence-electron chi connectivity index (χ1n) is 14.0. The molecule has 1 saturated heterocycles. The van der Waals surface area contributed by atoms with E-state index in [-0.39, 0.29) is 17.1 Å². The third-order valence-electron chi connectivity index (χ3n) is 7.98. The van der Waals surface area contributed by atoms with Gasteiger partial charge in [0.25, 0.3) is 5.91 Å². The summed E-state index contributed by atoms with van der Waals surface area (Å²) < 4.78 is 17.8. The molecule has 0 saturated carbocycles. The zero-order valence-electron chi connectivity index (χ0n) is 23.0. The summed E-state index contributed by atoms with van der Waals surface area (Å²) in [6.45, 7) is 9.00. The predicted octanol–water partition coefficient (Wildman–Crippen LogP) is 5.26. The van der Waals surface area contributed by atoms with Crippen LogP contribution in [0.3, 0.4) is 0 Å². The molecular formula is C33H34N2O5. The molecule has 7 heteroatoms. The first-order valence-corrected chi connectivity index (χ1v) is 14.0. The van der Waals surface area contributed by atoms with Gasteiger partial charge in [-0.3, -0.25) is 14.5 Å². The van der Waals surface area contributed by atoms with Crippen LogP contribution < -0.4 is 10.2 Å². The highest BCUT2D eigenvalue weighted by Gasteiger charge is 2.42. The second kappa shape index (κ2) is 11.3. The van der Waals surface area contributed by atoms with Gasteiger partial charge in [-0.15, -0.1) is 0 Å². The van der Waals surface area contributed by atoms with Gasteiger partial charge < -0.3 is 18.8 Å². The van der Waals surface area contributed by atoms with Crippen molar-refractivity contribution in [3.8, 4) is 5.75 Å². The number of ether oxygens (including phenoxy) is 2. The van der Waals surface area contributed by atoms with E-state index >= 15 is 0 Å². The summed E-state index contributed by atoms with van der Waals surface area (Å²) in [5, 5.41) is 0.506. The van der Waals surface area contributed by atoms with Gasteiger partial charge in [0, 0.05) is 26.2 Å². The number of morpholine rings is 1. The zero-order chi connectivity index (χ0) is 27.6. The molecule has 7 nitrogen and oxygen atoms in total. The van der Waals surface area contributed by atoms with Crippen molar-refractivity contribution in [1.82, 2.24) is 9.80 Å². The van der Waals surface area contributed by atoms with E-state index in [1.54, 1.807) is 4.90 Å². The smallest absolute Gasteiger partial charge is 0.290 e. The van der Waals surface area contributed by atoms with Crippen LogP contribution in [0.5, 0.6) is 5.75 Å². The molecule has 2 aliphatic heterocycles. The van der Waals surface area contributed by atoms with E-state index in [1.165, 1.54) is 0 Å². The average molecular weight is 539 g/mol. The molecular weight excluding hydrogens is 504 g/mol. The minimum atomic E-state index is -0.547. The van der Waals surface area contributed by atoms with Crippen LogP contribution in [0, 0.1) is 13.8 Å². The standard InChI is InChI=1S/C33H34N2O5/c1-22-18-27-28(19-23(22)2)40-32-29(31(27)36)30(35(33(32)37)13-7-12-34-14-16-38-17-15-34)25-10-6-11-26(20-25)39-21-24-8-4-3-5-9-24/h3-6,8-11,18-20,30H,7,12-17,21H2,1-2H3. The molecule has 0 bridgehead atoms. The molecule has 1 unspecified atom stereocenters. The normalized spacial score (nSPS) is 17.4. The molecule has 3 heterocycles. The molecule has 6 rings (SSSR count). The summed E-state index contributed by atoms with van der Waals surface area (Å²) in [7, 11) is 0. The Morgan fingerprint density at radius 3 is 2.48 bits per heavy atom. The topological polar surface area (TPSA) is 72.2 Å². The van der Waals surface area contributed by atoms with Crippen LogP contribution in [0.2, 0.25) is 0 Å².